The highest BCUT2D eigenvalue weighted by Crippen LogP contribution is 2.21. The van der Waals surface area contributed by atoms with Gasteiger partial charge in [0.2, 0.25) is 5.91 Å². The standard InChI is InChI=1S/C23H28N2O5/c1-5-29-19-11-9-18(10-12-19)20(26)13-14-22(27)24-25-23(28)17(4)30-21-8-6-7-15(2)16(21)3/h6-12,17H,5,13-14H2,1-4H3,(H,24,27)(H,25,28)/t17-/m1/s1. The number of benzene rings is 2. The second-order valence-electron chi connectivity index (χ2n) is 6.88. The number of aryl methyl sites for hydroxylation is 1. The normalized spacial score (nSPS) is 11.3. The molecule has 2 aromatic carbocycles. The number of hydrogen-bond donors (Lipinski definition) is 2. The molecule has 0 unspecified atom stereocenters. The number of carbonyl (C=O) groups is 3. The van der Waals surface area contributed by atoms with Gasteiger partial charge in [-0.05, 0) is 69.2 Å². The fourth-order valence-corrected chi connectivity index (χ4v) is 2.67. The molecular weight excluding hydrogens is 384 g/mol. The molecule has 0 spiro atoms. The fourth-order valence-electron chi connectivity index (χ4n) is 2.67. The zero-order valence-electron chi connectivity index (χ0n) is 17.8. The minimum atomic E-state index is -0.795. The first-order chi connectivity index (χ1) is 14.3. The van der Waals surface area contributed by atoms with E-state index in [0.29, 0.717) is 23.7 Å². The topological polar surface area (TPSA) is 93.7 Å². The Morgan fingerprint density at radius 3 is 2.33 bits per heavy atom. The molecule has 0 aliphatic carbocycles. The minimum absolute atomic E-state index is 0.0320. The maximum absolute atomic E-state index is 12.2. The Hall–Kier alpha value is -3.35. The molecule has 160 valence electrons. The highest BCUT2D eigenvalue weighted by atomic mass is 16.5. The van der Waals surface area contributed by atoms with Crippen LogP contribution < -0.4 is 20.3 Å². The Morgan fingerprint density at radius 2 is 1.67 bits per heavy atom. The molecule has 0 aliphatic rings. The van der Waals surface area contributed by atoms with Crippen LogP contribution in [0.5, 0.6) is 11.5 Å². The van der Waals surface area contributed by atoms with E-state index in [1.807, 2.05) is 32.9 Å². The van der Waals surface area contributed by atoms with Crippen LogP contribution in [0, 0.1) is 13.8 Å². The van der Waals surface area contributed by atoms with Gasteiger partial charge in [-0.25, -0.2) is 0 Å². The Balaban J connectivity index is 1.76. The van der Waals surface area contributed by atoms with Crippen LogP contribution in [0.15, 0.2) is 42.5 Å². The molecule has 1 atom stereocenters. The zero-order chi connectivity index (χ0) is 22.1. The summed E-state index contributed by atoms with van der Waals surface area (Å²) in [5.74, 6) is 0.200. The lowest BCUT2D eigenvalue weighted by atomic mass is 10.1. The van der Waals surface area contributed by atoms with Crippen molar-refractivity contribution in [2.24, 2.45) is 0 Å². The molecule has 7 heteroatoms. The van der Waals surface area contributed by atoms with Crippen molar-refractivity contribution in [3.05, 3.63) is 59.2 Å². The highest BCUT2D eigenvalue weighted by molar-refractivity contribution is 5.98. The molecule has 0 radical (unpaired) electrons. The van der Waals surface area contributed by atoms with Crippen LogP contribution >= 0.6 is 0 Å². The van der Waals surface area contributed by atoms with E-state index in [-0.39, 0.29) is 18.6 Å². The number of hydrogen-bond acceptors (Lipinski definition) is 5. The van der Waals surface area contributed by atoms with Gasteiger partial charge in [0, 0.05) is 18.4 Å². The molecule has 0 aliphatic heterocycles. The number of amides is 2. The van der Waals surface area contributed by atoms with Crippen LogP contribution in [0.3, 0.4) is 0 Å². The van der Waals surface area contributed by atoms with Crippen LogP contribution in [-0.2, 0) is 9.59 Å². The second-order valence-corrected chi connectivity index (χ2v) is 6.88. The number of hydrazine groups is 1. The summed E-state index contributed by atoms with van der Waals surface area (Å²) in [4.78, 5) is 36.3. The minimum Gasteiger partial charge on any atom is -0.494 e. The van der Waals surface area contributed by atoms with Crippen LogP contribution in [0.1, 0.15) is 48.2 Å². The van der Waals surface area contributed by atoms with E-state index in [9.17, 15) is 14.4 Å². The summed E-state index contributed by atoms with van der Waals surface area (Å²) in [5, 5.41) is 0. The highest BCUT2D eigenvalue weighted by Gasteiger charge is 2.17. The van der Waals surface area contributed by atoms with E-state index in [4.69, 9.17) is 9.47 Å². The fraction of sp³-hybridized carbons (Fsp3) is 0.348. The first-order valence-corrected chi connectivity index (χ1v) is 9.89. The summed E-state index contributed by atoms with van der Waals surface area (Å²) < 4.78 is 11.0. The SMILES string of the molecule is CCOc1ccc(C(=O)CCC(=O)NNC(=O)[C@@H](C)Oc2cccc(C)c2C)cc1. The van der Waals surface area contributed by atoms with Gasteiger partial charge in [-0.15, -0.1) is 0 Å². The number of carbonyl (C=O) groups excluding carboxylic acids is 3. The third-order valence-corrected chi connectivity index (χ3v) is 4.62. The first kappa shape index (κ1) is 22.9. The molecule has 2 N–H and O–H groups in total. The second kappa shape index (κ2) is 11.0. The number of ether oxygens (including phenoxy) is 2. The number of rotatable bonds is 9. The van der Waals surface area contributed by atoms with E-state index in [1.165, 1.54) is 0 Å². The summed E-state index contributed by atoms with van der Waals surface area (Å²) in [7, 11) is 0. The van der Waals surface area contributed by atoms with Gasteiger partial charge in [0.25, 0.3) is 5.91 Å². The van der Waals surface area contributed by atoms with Crippen LogP contribution in [0.4, 0.5) is 0 Å². The Labute approximate surface area is 176 Å². The molecule has 2 rings (SSSR count). The lowest BCUT2D eigenvalue weighted by molar-refractivity contribution is -0.132. The summed E-state index contributed by atoms with van der Waals surface area (Å²) in [6.07, 6.45) is -0.806. The third-order valence-electron chi connectivity index (χ3n) is 4.62. The predicted molar refractivity (Wildman–Crippen MR) is 113 cm³/mol. The molecule has 2 amide bonds. The van der Waals surface area contributed by atoms with E-state index in [0.717, 1.165) is 11.1 Å². The lowest BCUT2D eigenvalue weighted by Gasteiger charge is -2.17. The largest absolute Gasteiger partial charge is 0.494 e. The van der Waals surface area contributed by atoms with Gasteiger partial charge in [-0.1, -0.05) is 12.1 Å². The lowest BCUT2D eigenvalue weighted by Crippen LogP contribution is -2.47. The number of nitrogens with one attached hydrogen (secondary N) is 2. The maximum atomic E-state index is 12.2. The van der Waals surface area contributed by atoms with E-state index in [2.05, 4.69) is 10.9 Å². The molecule has 7 nitrogen and oxygen atoms in total. The number of ketones is 1. The zero-order valence-corrected chi connectivity index (χ0v) is 17.8. The molecule has 0 saturated heterocycles. The van der Waals surface area contributed by atoms with Crippen molar-refractivity contribution < 1.29 is 23.9 Å². The molecular formula is C23H28N2O5. The van der Waals surface area contributed by atoms with Gasteiger partial charge in [0.15, 0.2) is 11.9 Å². The van der Waals surface area contributed by atoms with E-state index in [1.54, 1.807) is 37.3 Å². The van der Waals surface area contributed by atoms with Crippen LogP contribution in [0.2, 0.25) is 0 Å². The number of Topliss-reactive ketones (excluding diaryl/α,β-unsaturated/α-hetero) is 1. The van der Waals surface area contributed by atoms with Gasteiger partial charge in [-0.2, -0.15) is 0 Å². The van der Waals surface area contributed by atoms with Gasteiger partial charge in [0.05, 0.1) is 6.61 Å². The summed E-state index contributed by atoms with van der Waals surface area (Å²) in [5.41, 5.74) is 7.17. The smallest absolute Gasteiger partial charge is 0.279 e. The molecule has 0 aromatic heterocycles. The quantitative estimate of drug-likeness (QED) is 0.487. The Morgan fingerprint density at radius 1 is 0.967 bits per heavy atom. The third kappa shape index (κ3) is 6.62. The van der Waals surface area contributed by atoms with Crippen molar-refractivity contribution in [3.8, 4) is 11.5 Å². The molecule has 30 heavy (non-hydrogen) atoms. The van der Waals surface area contributed by atoms with Gasteiger partial charge < -0.3 is 9.47 Å². The predicted octanol–water partition coefficient (Wildman–Crippen LogP) is 3.28. The van der Waals surface area contributed by atoms with Crippen molar-refractivity contribution in [2.45, 2.75) is 46.6 Å². The molecule has 2 aromatic rings. The Bertz CT molecular complexity index is 893. The van der Waals surface area contributed by atoms with Crippen LogP contribution in [-0.4, -0.2) is 30.3 Å². The first-order valence-electron chi connectivity index (χ1n) is 9.89. The van der Waals surface area contributed by atoms with Crippen molar-refractivity contribution in [1.82, 2.24) is 10.9 Å². The maximum Gasteiger partial charge on any atom is 0.279 e. The van der Waals surface area contributed by atoms with Gasteiger partial charge >= 0.3 is 0 Å². The van der Waals surface area contributed by atoms with E-state index < -0.39 is 17.9 Å². The molecule has 0 saturated carbocycles. The molecule has 0 bridgehead atoms. The monoisotopic (exact) mass is 412 g/mol. The van der Waals surface area contributed by atoms with E-state index >= 15 is 0 Å². The van der Waals surface area contributed by atoms with Crippen LogP contribution in [0.25, 0.3) is 0 Å². The van der Waals surface area contributed by atoms with Crippen molar-refractivity contribution in [2.75, 3.05) is 6.61 Å². The van der Waals surface area contributed by atoms with Crippen molar-refractivity contribution in [1.29, 1.82) is 0 Å². The molecule has 0 fully saturated rings. The molecule has 0 heterocycles. The average Bonchev–Trinajstić information content (AvgIpc) is 2.74. The summed E-state index contributed by atoms with van der Waals surface area (Å²) in [6.45, 7) is 7.90. The van der Waals surface area contributed by atoms with Gasteiger partial charge in [0.1, 0.15) is 11.5 Å². The van der Waals surface area contributed by atoms with Crippen molar-refractivity contribution in [3.63, 3.8) is 0 Å². The van der Waals surface area contributed by atoms with Crippen molar-refractivity contribution >= 4 is 17.6 Å². The average molecular weight is 412 g/mol. The Kier molecular flexibility index (Phi) is 8.41. The summed E-state index contributed by atoms with van der Waals surface area (Å²) >= 11 is 0. The van der Waals surface area contributed by atoms with Gasteiger partial charge in [-0.3, -0.25) is 25.2 Å². The summed E-state index contributed by atoms with van der Waals surface area (Å²) in [6, 6.07) is 12.4.